The van der Waals surface area contributed by atoms with Crippen LogP contribution in [0.1, 0.15) is 31.9 Å². The van der Waals surface area contributed by atoms with E-state index in [-0.39, 0.29) is 16.9 Å². The summed E-state index contributed by atoms with van der Waals surface area (Å²) in [6.07, 6.45) is 1.58. The molecule has 0 atom stereocenters. The van der Waals surface area contributed by atoms with Gasteiger partial charge in [-0.1, -0.05) is 20.8 Å². The third-order valence-electron chi connectivity index (χ3n) is 2.30. The fraction of sp³-hybridized carbons (Fsp3) is 0.417. The number of benzene rings is 1. The van der Waals surface area contributed by atoms with Gasteiger partial charge < -0.3 is 5.73 Å². The number of aliphatic imine (C=N–C) groups is 1. The lowest BCUT2D eigenvalue weighted by Gasteiger charge is -2.20. The average molecular weight is 208 g/mol. The van der Waals surface area contributed by atoms with Crippen molar-refractivity contribution in [1.82, 2.24) is 0 Å². The second-order valence-electron chi connectivity index (χ2n) is 4.60. The molecule has 1 rings (SSSR count). The lowest BCUT2D eigenvalue weighted by Crippen LogP contribution is -2.13. The molecule has 15 heavy (non-hydrogen) atoms. The minimum Gasteiger partial charge on any atom is -0.396 e. The second kappa shape index (κ2) is 4.01. The molecule has 0 aromatic heterocycles. The lowest BCUT2D eigenvalue weighted by atomic mass is 9.86. The van der Waals surface area contributed by atoms with Crippen LogP contribution in [0.2, 0.25) is 0 Å². The lowest BCUT2D eigenvalue weighted by molar-refractivity contribution is 0.573. The zero-order valence-corrected chi connectivity index (χ0v) is 9.63. The third kappa shape index (κ3) is 2.55. The second-order valence-corrected chi connectivity index (χ2v) is 4.60. The van der Waals surface area contributed by atoms with E-state index in [2.05, 4.69) is 4.99 Å². The van der Waals surface area contributed by atoms with Gasteiger partial charge in [-0.05, 0) is 23.1 Å². The predicted octanol–water partition coefficient (Wildman–Crippen LogP) is 2.75. The van der Waals surface area contributed by atoms with Crippen LogP contribution in [0.4, 0.5) is 10.1 Å². The number of halogens is 1. The maximum absolute atomic E-state index is 13.5. The largest absolute Gasteiger partial charge is 0.396 e. The molecule has 0 fully saturated rings. The highest BCUT2D eigenvalue weighted by molar-refractivity contribution is 5.87. The summed E-state index contributed by atoms with van der Waals surface area (Å²) in [6.45, 7) is 6.10. The van der Waals surface area contributed by atoms with Gasteiger partial charge in [0.1, 0.15) is 5.82 Å². The molecule has 0 amide bonds. The molecule has 0 aliphatic heterocycles. The van der Waals surface area contributed by atoms with Gasteiger partial charge in [-0.2, -0.15) is 0 Å². The monoisotopic (exact) mass is 208 g/mol. The van der Waals surface area contributed by atoms with Crippen molar-refractivity contribution in [3.05, 3.63) is 29.1 Å². The van der Waals surface area contributed by atoms with E-state index in [1.807, 2.05) is 26.8 Å². The van der Waals surface area contributed by atoms with Crippen LogP contribution in [0.3, 0.4) is 0 Å². The van der Waals surface area contributed by atoms with Crippen molar-refractivity contribution in [1.29, 1.82) is 0 Å². The average Bonchev–Trinajstić information content (AvgIpc) is 2.11. The van der Waals surface area contributed by atoms with E-state index in [1.54, 1.807) is 13.3 Å². The molecule has 0 spiro atoms. The molecule has 82 valence electrons. The Morgan fingerprint density at radius 3 is 2.40 bits per heavy atom. The van der Waals surface area contributed by atoms with E-state index < -0.39 is 0 Å². The highest BCUT2D eigenvalue weighted by atomic mass is 19.1. The highest BCUT2D eigenvalue weighted by Crippen LogP contribution is 2.27. The first-order chi connectivity index (χ1) is 6.86. The van der Waals surface area contributed by atoms with Crippen LogP contribution < -0.4 is 5.73 Å². The van der Waals surface area contributed by atoms with Gasteiger partial charge in [0.05, 0.1) is 5.69 Å². The standard InChI is InChI=1S/C12H17FN2/c1-12(2,3)9-5-8(7-15-4)11(14)10(13)6-9/h5-7H,14H2,1-4H3. The van der Waals surface area contributed by atoms with Crippen molar-refractivity contribution in [3.63, 3.8) is 0 Å². The molecule has 1 aromatic carbocycles. The van der Waals surface area contributed by atoms with Gasteiger partial charge in [0, 0.05) is 18.8 Å². The first kappa shape index (κ1) is 11.7. The molecular formula is C12H17FN2. The molecule has 0 unspecified atom stereocenters. The summed E-state index contributed by atoms with van der Waals surface area (Å²) in [5.41, 5.74) is 7.24. The molecule has 3 heteroatoms. The molecule has 0 saturated carbocycles. The van der Waals surface area contributed by atoms with Crippen LogP contribution in [-0.2, 0) is 5.41 Å². The van der Waals surface area contributed by atoms with Gasteiger partial charge >= 0.3 is 0 Å². The summed E-state index contributed by atoms with van der Waals surface area (Å²) < 4.78 is 13.5. The molecule has 0 bridgehead atoms. The molecule has 1 aromatic rings. The Morgan fingerprint density at radius 1 is 1.33 bits per heavy atom. The predicted molar refractivity (Wildman–Crippen MR) is 63.0 cm³/mol. The number of rotatable bonds is 1. The van der Waals surface area contributed by atoms with Crippen molar-refractivity contribution in [2.24, 2.45) is 4.99 Å². The van der Waals surface area contributed by atoms with Gasteiger partial charge in [0.15, 0.2) is 0 Å². The fourth-order valence-electron chi connectivity index (χ4n) is 1.32. The van der Waals surface area contributed by atoms with Crippen LogP contribution in [0, 0.1) is 5.82 Å². The number of hydrogen-bond acceptors (Lipinski definition) is 2. The van der Waals surface area contributed by atoms with E-state index >= 15 is 0 Å². The Bertz CT molecular complexity index is 389. The summed E-state index contributed by atoms with van der Waals surface area (Å²) in [5.74, 6) is -0.377. The highest BCUT2D eigenvalue weighted by Gasteiger charge is 2.17. The number of nitrogens with zero attached hydrogens (tertiary/aromatic N) is 1. The third-order valence-corrected chi connectivity index (χ3v) is 2.30. The molecule has 0 aliphatic carbocycles. The normalized spacial score (nSPS) is 12.3. The Morgan fingerprint density at radius 2 is 1.93 bits per heavy atom. The van der Waals surface area contributed by atoms with E-state index in [1.165, 1.54) is 6.07 Å². The SMILES string of the molecule is CN=Cc1cc(C(C)(C)C)cc(F)c1N. The first-order valence-electron chi connectivity index (χ1n) is 4.88. The Kier molecular flexibility index (Phi) is 3.12. The zero-order chi connectivity index (χ0) is 11.6. The topological polar surface area (TPSA) is 38.4 Å². The van der Waals surface area contributed by atoms with E-state index in [4.69, 9.17) is 5.73 Å². The summed E-state index contributed by atoms with van der Waals surface area (Å²) in [5, 5.41) is 0. The number of anilines is 1. The molecular weight excluding hydrogens is 191 g/mol. The van der Waals surface area contributed by atoms with Crippen molar-refractivity contribution < 1.29 is 4.39 Å². The van der Waals surface area contributed by atoms with E-state index in [0.29, 0.717) is 5.56 Å². The van der Waals surface area contributed by atoms with Crippen molar-refractivity contribution in [3.8, 4) is 0 Å². The zero-order valence-electron chi connectivity index (χ0n) is 9.63. The van der Waals surface area contributed by atoms with Gasteiger partial charge in [-0.15, -0.1) is 0 Å². The summed E-state index contributed by atoms with van der Waals surface area (Å²) in [6, 6.07) is 3.37. The number of nitrogen functional groups attached to an aromatic ring is 1. The van der Waals surface area contributed by atoms with Gasteiger partial charge in [-0.25, -0.2) is 4.39 Å². The van der Waals surface area contributed by atoms with E-state index in [0.717, 1.165) is 5.56 Å². The molecule has 0 radical (unpaired) electrons. The van der Waals surface area contributed by atoms with Crippen LogP contribution in [0.15, 0.2) is 17.1 Å². The minimum absolute atomic E-state index is 0.0924. The van der Waals surface area contributed by atoms with E-state index in [9.17, 15) is 4.39 Å². The van der Waals surface area contributed by atoms with Gasteiger partial charge in [-0.3, -0.25) is 4.99 Å². The Balaban J connectivity index is 3.36. The molecule has 0 heterocycles. The van der Waals surface area contributed by atoms with Gasteiger partial charge in [0.2, 0.25) is 0 Å². The number of nitrogens with two attached hydrogens (primary N) is 1. The fourth-order valence-corrected chi connectivity index (χ4v) is 1.32. The summed E-state index contributed by atoms with van der Waals surface area (Å²) in [4.78, 5) is 3.86. The maximum atomic E-state index is 13.5. The quantitative estimate of drug-likeness (QED) is 0.559. The molecule has 0 aliphatic rings. The van der Waals surface area contributed by atoms with Crippen LogP contribution >= 0.6 is 0 Å². The summed E-state index contributed by atoms with van der Waals surface area (Å²) in [7, 11) is 1.64. The summed E-state index contributed by atoms with van der Waals surface area (Å²) >= 11 is 0. The number of hydrogen-bond donors (Lipinski definition) is 1. The van der Waals surface area contributed by atoms with Crippen LogP contribution in [0.5, 0.6) is 0 Å². The molecule has 2 nitrogen and oxygen atoms in total. The van der Waals surface area contributed by atoms with Crippen molar-refractivity contribution >= 4 is 11.9 Å². The van der Waals surface area contributed by atoms with Crippen LogP contribution in [-0.4, -0.2) is 13.3 Å². The molecule has 2 N–H and O–H groups in total. The smallest absolute Gasteiger partial charge is 0.147 e. The molecule has 0 saturated heterocycles. The Labute approximate surface area is 90.0 Å². The van der Waals surface area contributed by atoms with Crippen molar-refractivity contribution in [2.75, 3.05) is 12.8 Å². The van der Waals surface area contributed by atoms with Gasteiger partial charge in [0.25, 0.3) is 0 Å². The first-order valence-corrected chi connectivity index (χ1v) is 4.88. The maximum Gasteiger partial charge on any atom is 0.147 e. The minimum atomic E-state index is -0.377. The Hall–Kier alpha value is -1.38. The van der Waals surface area contributed by atoms with Crippen LogP contribution in [0.25, 0.3) is 0 Å². The van der Waals surface area contributed by atoms with Crippen molar-refractivity contribution in [2.45, 2.75) is 26.2 Å².